The largest absolute Gasteiger partial charge is 0.506 e. The Hall–Kier alpha value is -2.41. The van der Waals surface area contributed by atoms with Gasteiger partial charge in [-0.3, -0.25) is 14.9 Å². The first kappa shape index (κ1) is 13.6. The molecule has 1 aromatic carbocycles. The average Bonchev–Trinajstić information content (AvgIpc) is 3.01. The topological polar surface area (TPSA) is 92.5 Å². The molecule has 6 nitrogen and oxygen atoms in total. The second-order valence-corrected chi connectivity index (χ2v) is 5.96. The molecule has 0 saturated heterocycles. The molecule has 7 heteroatoms. The second-order valence-electron chi connectivity index (χ2n) is 4.83. The van der Waals surface area contributed by atoms with Crippen LogP contribution in [-0.2, 0) is 12.8 Å². The van der Waals surface area contributed by atoms with Crippen molar-refractivity contribution in [3.8, 4) is 5.75 Å². The van der Waals surface area contributed by atoms with Crippen molar-refractivity contribution in [2.24, 2.45) is 0 Å². The van der Waals surface area contributed by atoms with Gasteiger partial charge in [0, 0.05) is 17.0 Å². The molecule has 2 N–H and O–H groups in total. The minimum atomic E-state index is -0.575. The normalized spacial score (nSPS) is 13.0. The molecule has 108 valence electrons. The number of amides is 1. The molecule has 1 aliphatic rings. The SMILES string of the molecule is O=C(Nc1cc([N+](=O)[O-])ccc1O)c1cc2c(s1)CCC2. The van der Waals surface area contributed by atoms with E-state index in [9.17, 15) is 20.0 Å². The predicted octanol–water partition coefficient (Wildman–Crippen LogP) is 3.10. The number of phenolic OH excluding ortho intramolecular Hbond substituents is 1. The molecule has 1 aromatic heterocycles. The lowest BCUT2D eigenvalue weighted by Gasteiger charge is -2.06. The fraction of sp³-hybridized carbons (Fsp3) is 0.214. The predicted molar refractivity (Wildman–Crippen MR) is 79.1 cm³/mol. The second kappa shape index (κ2) is 5.17. The zero-order chi connectivity index (χ0) is 15.0. The molecule has 21 heavy (non-hydrogen) atoms. The number of carbonyl (C=O) groups excluding carboxylic acids is 1. The van der Waals surface area contributed by atoms with Crippen LogP contribution in [0.4, 0.5) is 11.4 Å². The molecule has 0 bridgehead atoms. The number of aromatic hydroxyl groups is 1. The number of aryl methyl sites for hydroxylation is 2. The highest BCUT2D eigenvalue weighted by Crippen LogP contribution is 2.32. The van der Waals surface area contributed by atoms with E-state index in [2.05, 4.69) is 5.32 Å². The van der Waals surface area contributed by atoms with Gasteiger partial charge in [-0.2, -0.15) is 0 Å². The summed E-state index contributed by atoms with van der Waals surface area (Å²) in [6.07, 6.45) is 3.10. The smallest absolute Gasteiger partial charge is 0.271 e. The third-order valence-corrected chi connectivity index (χ3v) is 4.65. The van der Waals surface area contributed by atoms with Crippen molar-refractivity contribution < 1.29 is 14.8 Å². The van der Waals surface area contributed by atoms with Crippen molar-refractivity contribution >= 4 is 28.6 Å². The minimum absolute atomic E-state index is 0.0442. The number of phenols is 1. The summed E-state index contributed by atoms with van der Waals surface area (Å²) >= 11 is 1.44. The van der Waals surface area contributed by atoms with E-state index >= 15 is 0 Å². The molecule has 0 radical (unpaired) electrons. The van der Waals surface area contributed by atoms with Gasteiger partial charge in [0.2, 0.25) is 0 Å². The Balaban J connectivity index is 1.83. The number of nitrogens with zero attached hydrogens (tertiary/aromatic N) is 1. The summed E-state index contributed by atoms with van der Waals surface area (Å²) in [5.74, 6) is -0.553. The first-order valence-electron chi connectivity index (χ1n) is 6.45. The van der Waals surface area contributed by atoms with Gasteiger partial charge in [-0.1, -0.05) is 0 Å². The van der Waals surface area contributed by atoms with Crippen LogP contribution in [-0.4, -0.2) is 15.9 Å². The summed E-state index contributed by atoms with van der Waals surface area (Å²) in [6.45, 7) is 0. The van der Waals surface area contributed by atoms with Crippen LogP contribution in [0.15, 0.2) is 24.3 Å². The van der Waals surface area contributed by atoms with Crippen molar-refractivity contribution in [3.63, 3.8) is 0 Å². The third kappa shape index (κ3) is 2.59. The Kier molecular flexibility index (Phi) is 3.34. The highest BCUT2D eigenvalue weighted by molar-refractivity contribution is 7.14. The number of anilines is 1. The van der Waals surface area contributed by atoms with Crippen molar-refractivity contribution in [1.82, 2.24) is 0 Å². The van der Waals surface area contributed by atoms with E-state index in [1.54, 1.807) is 0 Å². The van der Waals surface area contributed by atoms with Crippen LogP contribution < -0.4 is 5.32 Å². The summed E-state index contributed by atoms with van der Waals surface area (Å²) in [4.78, 5) is 24.1. The zero-order valence-electron chi connectivity index (χ0n) is 11.0. The van der Waals surface area contributed by atoms with Gasteiger partial charge in [0.05, 0.1) is 15.5 Å². The van der Waals surface area contributed by atoms with Crippen molar-refractivity contribution in [2.45, 2.75) is 19.3 Å². The van der Waals surface area contributed by atoms with Crippen LogP contribution in [0.2, 0.25) is 0 Å². The number of carbonyl (C=O) groups is 1. The van der Waals surface area contributed by atoms with E-state index in [-0.39, 0.29) is 23.0 Å². The number of thiophene rings is 1. The molecule has 0 aliphatic heterocycles. The quantitative estimate of drug-likeness (QED) is 0.517. The van der Waals surface area contributed by atoms with Crippen LogP contribution in [0.3, 0.4) is 0 Å². The Bertz CT molecular complexity index is 717. The van der Waals surface area contributed by atoms with Gasteiger partial charge >= 0.3 is 0 Å². The van der Waals surface area contributed by atoms with E-state index in [1.807, 2.05) is 6.07 Å². The van der Waals surface area contributed by atoms with Gasteiger partial charge in [0.1, 0.15) is 5.75 Å². The standard InChI is InChI=1S/C14H12N2O4S/c17-11-5-4-9(16(19)20)7-10(11)15-14(18)13-6-8-2-1-3-12(8)21-13/h4-7,17H,1-3H2,(H,15,18). The maximum Gasteiger partial charge on any atom is 0.271 e. The number of benzene rings is 1. The lowest BCUT2D eigenvalue weighted by molar-refractivity contribution is -0.384. The molecule has 3 rings (SSSR count). The van der Waals surface area contributed by atoms with Crippen LogP contribution in [0.5, 0.6) is 5.75 Å². The van der Waals surface area contributed by atoms with Gasteiger partial charge in [-0.15, -0.1) is 11.3 Å². The summed E-state index contributed by atoms with van der Waals surface area (Å²) in [5, 5.41) is 23.0. The Labute approximate surface area is 124 Å². The minimum Gasteiger partial charge on any atom is -0.506 e. The maximum atomic E-state index is 12.2. The van der Waals surface area contributed by atoms with E-state index < -0.39 is 4.92 Å². The molecule has 1 amide bonds. The van der Waals surface area contributed by atoms with Crippen LogP contribution in [0.1, 0.15) is 26.5 Å². The molecule has 2 aromatic rings. The van der Waals surface area contributed by atoms with Crippen molar-refractivity contribution in [1.29, 1.82) is 0 Å². The molecule has 1 aliphatic carbocycles. The number of fused-ring (bicyclic) bond motifs is 1. The average molecular weight is 304 g/mol. The maximum absolute atomic E-state index is 12.2. The summed E-state index contributed by atoms with van der Waals surface area (Å²) < 4.78 is 0. The highest BCUT2D eigenvalue weighted by Gasteiger charge is 2.20. The molecular weight excluding hydrogens is 292 g/mol. The van der Waals surface area contributed by atoms with Crippen LogP contribution in [0.25, 0.3) is 0 Å². The van der Waals surface area contributed by atoms with Crippen LogP contribution >= 0.6 is 11.3 Å². The number of nitrogens with one attached hydrogen (secondary N) is 1. The van der Waals surface area contributed by atoms with Gasteiger partial charge in [0.15, 0.2) is 0 Å². The lowest BCUT2D eigenvalue weighted by Crippen LogP contribution is -2.10. The van der Waals surface area contributed by atoms with Crippen molar-refractivity contribution in [3.05, 3.63) is 49.7 Å². The fourth-order valence-corrected chi connectivity index (χ4v) is 3.51. The Morgan fingerprint density at radius 1 is 1.33 bits per heavy atom. The van der Waals surface area contributed by atoms with Crippen LogP contribution in [0, 0.1) is 10.1 Å². The molecule has 0 unspecified atom stereocenters. The fourth-order valence-electron chi connectivity index (χ4n) is 2.36. The first-order valence-corrected chi connectivity index (χ1v) is 7.26. The van der Waals surface area contributed by atoms with E-state index in [1.165, 1.54) is 33.9 Å². The monoisotopic (exact) mass is 304 g/mol. The molecule has 0 atom stereocenters. The summed E-state index contributed by atoms with van der Waals surface area (Å²) in [5.41, 5.74) is 1.06. The number of hydrogen-bond acceptors (Lipinski definition) is 5. The van der Waals surface area contributed by atoms with E-state index in [0.29, 0.717) is 4.88 Å². The lowest BCUT2D eigenvalue weighted by atomic mass is 10.2. The number of non-ortho nitro benzene ring substituents is 1. The van der Waals surface area contributed by atoms with Crippen molar-refractivity contribution in [2.75, 3.05) is 5.32 Å². The molecule has 0 fully saturated rings. The van der Waals surface area contributed by atoms with E-state index in [0.717, 1.165) is 25.3 Å². The van der Waals surface area contributed by atoms with E-state index in [4.69, 9.17) is 0 Å². The molecular formula is C14H12N2O4S. The Morgan fingerprint density at radius 3 is 2.86 bits per heavy atom. The molecule has 1 heterocycles. The van der Waals surface area contributed by atoms with Gasteiger partial charge < -0.3 is 10.4 Å². The third-order valence-electron chi connectivity index (χ3n) is 3.41. The van der Waals surface area contributed by atoms with Gasteiger partial charge in [-0.25, -0.2) is 0 Å². The molecule has 0 saturated carbocycles. The highest BCUT2D eigenvalue weighted by atomic mass is 32.1. The number of nitro benzene ring substituents is 1. The molecule has 0 spiro atoms. The first-order chi connectivity index (χ1) is 10.0. The number of nitro groups is 1. The summed E-state index contributed by atoms with van der Waals surface area (Å²) in [6, 6.07) is 5.39. The van der Waals surface area contributed by atoms with Gasteiger partial charge in [0.25, 0.3) is 11.6 Å². The Morgan fingerprint density at radius 2 is 2.14 bits per heavy atom. The number of rotatable bonds is 3. The summed E-state index contributed by atoms with van der Waals surface area (Å²) in [7, 11) is 0. The van der Waals surface area contributed by atoms with Gasteiger partial charge in [-0.05, 0) is 37.0 Å². The zero-order valence-corrected chi connectivity index (χ0v) is 11.8. The number of hydrogen-bond donors (Lipinski definition) is 2.